The molecule has 0 radical (unpaired) electrons. The van der Waals surface area contributed by atoms with E-state index in [0.29, 0.717) is 24.4 Å². The Bertz CT molecular complexity index is 498. The van der Waals surface area contributed by atoms with Crippen LogP contribution in [-0.2, 0) is 9.59 Å². The molecule has 1 aromatic rings. The molecule has 1 unspecified atom stereocenters. The lowest BCUT2D eigenvalue weighted by molar-refractivity contribution is -0.144. The van der Waals surface area contributed by atoms with Crippen molar-refractivity contribution in [2.75, 3.05) is 11.4 Å². The van der Waals surface area contributed by atoms with Gasteiger partial charge in [0.2, 0.25) is 5.91 Å². The summed E-state index contributed by atoms with van der Waals surface area (Å²) in [5.74, 6) is -1.76. The molecule has 2 rings (SSSR count). The fraction of sp³-hybridized carbons (Fsp3) is 0.429. The molecule has 1 aromatic carbocycles. The molecule has 0 aliphatic carbocycles. The molecular weight excluding hydrogens is 246 g/mol. The Balaban J connectivity index is 2.28. The van der Waals surface area contributed by atoms with Crippen LogP contribution in [0.2, 0.25) is 0 Å². The lowest BCUT2D eigenvalue weighted by Crippen LogP contribution is -2.30. The first-order valence-corrected chi connectivity index (χ1v) is 6.30. The molecule has 1 saturated heterocycles. The molecule has 19 heavy (non-hydrogen) atoms. The maximum Gasteiger partial charge on any atom is 0.316 e. The van der Waals surface area contributed by atoms with Crippen LogP contribution in [0, 0.1) is 5.92 Å². The van der Waals surface area contributed by atoms with Gasteiger partial charge in [0.1, 0.15) is 11.7 Å². The summed E-state index contributed by atoms with van der Waals surface area (Å²) in [6.07, 6.45) is 0.332. The van der Waals surface area contributed by atoms with Gasteiger partial charge in [0, 0.05) is 6.54 Å². The lowest BCUT2D eigenvalue weighted by atomic mass is 10.1. The first-order chi connectivity index (χ1) is 9.00. The molecule has 1 amide bonds. The number of carboxylic acids is 1. The van der Waals surface area contributed by atoms with Gasteiger partial charge in [-0.25, -0.2) is 0 Å². The zero-order chi connectivity index (χ0) is 14.0. The first kappa shape index (κ1) is 13.4. The smallest absolute Gasteiger partial charge is 0.316 e. The van der Waals surface area contributed by atoms with Crippen LogP contribution in [0.3, 0.4) is 0 Å². The number of carbonyl (C=O) groups excluding carboxylic acids is 1. The third kappa shape index (κ3) is 2.70. The van der Waals surface area contributed by atoms with E-state index in [1.807, 2.05) is 26.0 Å². The van der Waals surface area contributed by atoms with Gasteiger partial charge in [0.05, 0.1) is 11.8 Å². The Morgan fingerprint density at radius 2 is 2.11 bits per heavy atom. The molecule has 1 aliphatic heterocycles. The fourth-order valence-electron chi connectivity index (χ4n) is 2.18. The molecule has 5 nitrogen and oxygen atoms in total. The average Bonchev–Trinajstić information content (AvgIpc) is 2.71. The molecule has 1 aliphatic rings. The minimum atomic E-state index is -1.06. The zero-order valence-corrected chi connectivity index (χ0v) is 11.0. The fourth-order valence-corrected chi connectivity index (χ4v) is 2.18. The maximum atomic E-state index is 12.1. The van der Waals surface area contributed by atoms with Crippen LogP contribution in [0.15, 0.2) is 24.3 Å². The highest BCUT2D eigenvalue weighted by Gasteiger charge is 2.38. The van der Waals surface area contributed by atoms with Gasteiger partial charge < -0.3 is 14.7 Å². The number of nitrogens with zero attached hydrogens (tertiary/aromatic N) is 1. The van der Waals surface area contributed by atoms with Gasteiger partial charge in [0.25, 0.3) is 0 Å². The second-order valence-corrected chi connectivity index (χ2v) is 4.80. The van der Waals surface area contributed by atoms with E-state index in [1.54, 1.807) is 12.1 Å². The second-order valence-electron chi connectivity index (χ2n) is 4.80. The Morgan fingerprint density at radius 3 is 2.68 bits per heavy atom. The van der Waals surface area contributed by atoms with Crippen LogP contribution >= 0.6 is 0 Å². The number of hydrogen-bond acceptors (Lipinski definition) is 3. The van der Waals surface area contributed by atoms with Gasteiger partial charge in [-0.05, 0) is 32.4 Å². The van der Waals surface area contributed by atoms with Gasteiger partial charge in [0.15, 0.2) is 0 Å². The predicted molar refractivity (Wildman–Crippen MR) is 70.3 cm³/mol. The Morgan fingerprint density at radius 1 is 1.42 bits per heavy atom. The molecule has 1 fully saturated rings. The molecule has 1 N–H and O–H groups in total. The predicted octanol–water partition coefficient (Wildman–Crippen LogP) is 1.91. The number of carboxylic acid groups (broad SMARTS) is 1. The summed E-state index contributed by atoms with van der Waals surface area (Å²) >= 11 is 0. The maximum absolute atomic E-state index is 12.1. The van der Waals surface area contributed by atoms with E-state index in [4.69, 9.17) is 9.84 Å². The summed E-state index contributed by atoms with van der Waals surface area (Å²) in [6, 6.07) is 7.21. The van der Waals surface area contributed by atoms with Crippen LogP contribution in [0.25, 0.3) is 0 Å². The van der Waals surface area contributed by atoms with Crippen LogP contribution in [0.4, 0.5) is 5.69 Å². The molecule has 1 atom stereocenters. The molecule has 5 heteroatoms. The van der Waals surface area contributed by atoms with Crippen LogP contribution in [-0.4, -0.2) is 29.6 Å². The molecular formula is C14H17NO4. The summed E-state index contributed by atoms with van der Waals surface area (Å²) in [5.41, 5.74) is 0.643. The van der Waals surface area contributed by atoms with Crippen molar-refractivity contribution in [2.45, 2.75) is 26.4 Å². The van der Waals surface area contributed by atoms with Gasteiger partial charge in [-0.15, -0.1) is 0 Å². The summed E-state index contributed by atoms with van der Waals surface area (Å²) in [7, 11) is 0. The number of ether oxygens (including phenoxy) is 1. The van der Waals surface area contributed by atoms with Crippen molar-refractivity contribution < 1.29 is 19.4 Å². The van der Waals surface area contributed by atoms with E-state index in [2.05, 4.69) is 0 Å². The summed E-state index contributed by atoms with van der Waals surface area (Å²) in [5, 5.41) is 8.98. The summed E-state index contributed by atoms with van der Waals surface area (Å²) < 4.78 is 5.66. The Labute approximate surface area is 111 Å². The van der Waals surface area contributed by atoms with E-state index < -0.39 is 11.9 Å². The lowest BCUT2D eigenvalue weighted by Gasteiger charge is -2.21. The molecule has 1 heterocycles. The van der Waals surface area contributed by atoms with Gasteiger partial charge in [-0.2, -0.15) is 0 Å². The van der Waals surface area contributed by atoms with Crippen LogP contribution in [0.1, 0.15) is 20.3 Å². The monoisotopic (exact) mass is 263 g/mol. The van der Waals surface area contributed by atoms with E-state index in [-0.39, 0.29) is 12.0 Å². The molecule has 0 bridgehead atoms. The number of hydrogen-bond donors (Lipinski definition) is 1. The molecule has 0 spiro atoms. The highest BCUT2D eigenvalue weighted by molar-refractivity contribution is 6.08. The normalized spacial score (nSPS) is 19.0. The minimum absolute atomic E-state index is 0.00544. The topological polar surface area (TPSA) is 66.8 Å². The van der Waals surface area contributed by atoms with E-state index >= 15 is 0 Å². The van der Waals surface area contributed by atoms with Crippen LogP contribution < -0.4 is 9.64 Å². The standard InChI is InChI=1S/C14H17NO4/c1-9(2)19-12-6-4-3-5-11(12)15-8-7-10(13(15)16)14(17)18/h3-6,9-10H,7-8H2,1-2H3,(H,17,18). The number of anilines is 1. The number of carbonyl (C=O) groups is 2. The van der Waals surface area contributed by atoms with Crippen molar-refractivity contribution in [1.29, 1.82) is 0 Å². The molecule has 102 valence electrons. The first-order valence-electron chi connectivity index (χ1n) is 6.30. The number of benzene rings is 1. The second kappa shape index (κ2) is 5.30. The van der Waals surface area contributed by atoms with E-state index in [1.165, 1.54) is 4.90 Å². The Hall–Kier alpha value is -2.04. The van der Waals surface area contributed by atoms with E-state index in [0.717, 1.165) is 0 Å². The number of para-hydroxylation sites is 2. The van der Waals surface area contributed by atoms with Crippen molar-refractivity contribution in [3.63, 3.8) is 0 Å². The quantitative estimate of drug-likeness (QED) is 0.843. The van der Waals surface area contributed by atoms with Crippen molar-refractivity contribution in [1.82, 2.24) is 0 Å². The third-order valence-electron chi connectivity index (χ3n) is 3.02. The van der Waals surface area contributed by atoms with Crippen LogP contribution in [0.5, 0.6) is 5.75 Å². The van der Waals surface area contributed by atoms with Gasteiger partial charge in [-0.3, -0.25) is 9.59 Å². The molecule has 0 saturated carbocycles. The summed E-state index contributed by atoms with van der Waals surface area (Å²) in [4.78, 5) is 24.5. The van der Waals surface area contributed by atoms with Crippen molar-refractivity contribution >= 4 is 17.6 Å². The van der Waals surface area contributed by atoms with Gasteiger partial charge >= 0.3 is 5.97 Å². The molecule has 0 aromatic heterocycles. The van der Waals surface area contributed by atoms with Crippen molar-refractivity contribution in [2.24, 2.45) is 5.92 Å². The summed E-state index contributed by atoms with van der Waals surface area (Å²) in [6.45, 7) is 4.22. The number of amides is 1. The third-order valence-corrected chi connectivity index (χ3v) is 3.02. The number of rotatable bonds is 4. The minimum Gasteiger partial charge on any atom is -0.489 e. The zero-order valence-electron chi connectivity index (χ0n) is 11.0. The average molecular weight is 263 g/mol. The Kier molecular flexibility index (Phi) is 3.74. The highest BCUT2D eigenvalue weighted by Crippen LogP contribution is 2.33. The van der Waals surface area contributed by atoms with E-state index in [9.17, 15) is 9.59 Å². The van der Waals surface area contributed by atoms with Crippen molar-refractivity contribution in [3.05, 3.63) is 24.3 Å². The van der Waals surface area contributed by atoms with Gasteiger partial charge in [-0.1, -0.05) is 12.1 Å². The largest absolute Gasteiger partial charge is 0.489 e. The highest BCUT2D eigenvalue weighted by atomic mass is 16.5. The number of aliphatic carboxylic acids is 1. The SMILES string of the molecule is CC(C)Oc1ccccc1N1CCC(C(=O)O)C1=O. The van der Waals surface area contributed by atoms with Crippen molar-refractivity contribution in [3.8, 4) is 5.75 Å².